The number of methoxy groups -OCH3 is 2. The van der Waals surface area contributed by atoms with Crippen molar-refractivity contribution in [3.8, 4) is 11.5 Å². The first-order valence-corrected chi connectivity index (χ1v) is 10.7. The minimum atomic E-state index is -3.45. The molecule has 0 radical (unpaired) electrons. The average molecular weight is 407 g/mol. The number of carbonyl (C=O) groups excluding carboxylic acids is 1. The number of rotatable bonds is 10. The van der Waals surface area contributed by atoms with Gasteiger partial charge in [0.15, 0.2) is 0 Å². The summed E-state index contributed by atoms with van der Waals surface area (Å²) in [7, 11) is -0.299. The number of sulfonamides is 1. The van der Waals surface area contributed by atoms with Crippen molar-refractivity contribution in [1.82, 2.24) is 5.32 Å². The van der Waals surface area contributed by atoms with Gasteiger partial charge in [0.05, 0.1) is 26.2 Å². The van der Waals surface area contributed by atoms with Crippen molar-refractivity contribution in [1.29, 1.82) is 0 Å². The van der Waals surface area contributed by atoms with E-state index < -0.39 is 10.0 Å². The Morgan fingerprint density at radius 3 is 2.00 bits per heavy atom. The molecule has 2 rings (SSSR count). The summed E-state index contributed by atoms with van der Waals surface area (Å²) in [6.07, 6.45) is 1.80. The van der Waals surface area contributed by atoms with Crippen LogP contribution in [-0.4, -0.2) is 41.3 Å². The number of amides is 1. The van der Waals surface area contributed by atoms with Crippen molar-refractivity contribution in [2.45, 2.75) is 19.4 Å². The maximum atomic E-state index is 12.1. The van der Waals surface area contributed by atoms with E-state index in [-0.39, 0.29) is 18.9 Å². The number of nitrogens with zero attached hydrogens (tertiary/aromatic N) is 1. The molecular weight excluding hydrogens is 380 g/mol. The lowest BCUT2D eigenvalue weighted by Crippen LogP contribution is -2.32. The van der Waals surface area contributed by atoms with Gasteiger partial charge in [0.2, 0.25) is 15.9 Å². The molecule has 0 aliphatic heterocycles. The van der Waals surface area contributed by atoms with Gasteiger partial charge < -0.3 is 14.8 Å². The van der Waals surface area contributed by atoms with E-state index in [1.807, 2.05) is 24.3 Å². The van der Waals surface area contributed by atoms with Gasteiger partial charge in [-0.1, -0.05) is 12.1 Å². The summed E-state index contributed by atoms with van der Waals surface area (Å²) in [6.45, 7) is 0.637. The van der Waals surface area contributed by atoms with Crippen LogP contribution in [0.4, 0.5) is 5.69 Å². The van der Waals surface area contributed by atoms with E-state index in [2.05, 4.69) is 5.32 Å². The zero-order chi connectivity index (χ0) is 20.6. The van der Waals surface area contributed by atoms with Gasteiger partial charge in [0.1, 0.15) is 11.5 Å². The predicted molar refractivity (Wildman–Crippen MR) is 109 cm³/mol. The molecule has 0 aromatic heterocycles. The van der Waals surface area contributed by atoms with Crippen molar-refractivity contribution in [3.63, 3.8) is 0 Å². The molecule has 0 aliphatic rings. The first kappa shape index (κ1) is 21.6. The summed E-state index contributed by atoms with van der Waals surface area (Å²) >= 11 is 0. The van der Waals surface area contributed by atoms with Crippen LogP contribution in [0.2, 0.25) is 0 Å². The molecule has 0 bridgehead atoms. The second kappa shape index (κ2) is 9.98. The highest BCUT2D eigenvalue weighted by Gasteiger charge is 2.17. The third-order valence-electron chi connectivity index (χ3n) is 4.17. The van der Waals surface area contributed by atoms with Crippen LogP contribution in [0.1, 0.15) is 18.4 Å². The van der Waals surface area contributed by atoms with Crippen molar-refractivity contribution < 1.29 is 22.7 Å². The van der Waals surface area contributed by atoms with Crippen LogP contribution in [0.25, 0.3) is 0 Å². The maximum Gasteiger partial charge on any atom is 0.232 e. The van der Waals surface area contributed by atoms with Gasteiger partial charge in [-0.15, -0.1) is 0 Å². The van der Waals surface area contributed by atoms with Crippen molar-refractivity contribution in [3.05, 3.63) is 54.1 Å². The van der Waals surface area contributed by atoms with Gasteiger partial charge in [-0.2, -0.15) is 0 Å². The number of nitrogens with one attached hydrogen (secondary N) is 1. The van der Waals surface area contributed by atoms with E-state index in [0.717, 1.165) is 17.6 Å². The predicted octanol–water partition coefficient (Wildman–Crippen LogP) is 2.57. The number of benzene rings is 2. The molecule has 0 saturated heterocycles. The number of hydrogen-bond donors (Lipinski definition) is 1. The van der Waals surface area contributed by atoms with Crippen molar-refractivity contribution in [2.24, 2.45) is 0 Å². The fourth-order valence-corrected chi connectivity index (χ4v) is 3.62. The normalized spacial score (nSPS) is 11.0. The Hall–Kier alpha value is -2.74. The molecule has 1 amide bonds. The number of carbonyl (C=O) groups is 1. The molecule has 152 valence electrons. The zero-order valence-corrected chi connectivity index (χ0v) is 17.2. The van der Waals surface area contributed by atoms with Crippen LogP contribution in [0, 0.1) is 0 Å². The minimum Gasteiger partial charge on any atom is -0.497 e. The van der Waals surface area contributed by atoms with Gasteiger partial charge in [-0.25, -0.2) is 8.42 Å². The summed E-state index contributed by atoms with van der Waals surface area (Å²) in [6, 6.07) is 14.2. The topological polar surface area (TPSA) is 84.9 Å². The molecular formula is C20H26N2O5S. The number of ether oxygens (including phenoxy) is 2. The third-order valence-corrected chi connectivity index (χ3v) is 5.37. The molecule has 0 aliphatic carbocycles. The van der Waals surface area contributed by atoms with Crippen LogP contribution in [0.3, 0.4) is 0 Å². The van der Waals surface area contributed by atoms with Crippen LogP contribution in [0.15, 0.2) is 48.5 Å². The third kappa shape index (κ3) is 6.45. The monoisotopic (exact) mass is 406 g/mol. The summed E-state index contributed by atoms with van der Waals surface area (Å²) < 4.78 is 35.7. The largest absolute Gasteiger partial charge is 0.497 e. The quantitative estimate of drug-likeness (QED) is 0.656. The lowest BCUT2D eigenvalue weighted by Gasteiger charge is -2.22. The van der Waals surface area contributed by atoms with Crippen LogP contribution < -0.4 is 19.1 Å². The average Bonchev–Trinajstić information content (AvgIpc) is 2.69. The SMILES string of the molecule is COc1ccc(CNC(=O)CCCN(c2ccc(OC)cc2)S(C)(=O)=O)cc1. The highest BCUT2D eigenvalue weighted by atomic mass is 32.2. The molecule has 0 fully saturated rings. The van der Waals surface area contributed by atoms with Crippen molar-refractivity contribution >= 4 is 21.6 Å². The minimum absolute atomic E-state index is 0.126. The molecule has 0 saturated carbocycles. The number of anilines is 1. The van der Waals surface area contributed by atoms with Crippen molar-refractivity contribution in [2.75, 3.05) is 31.3 Å². The van der Waals surface area contributed by atoms with Crippen LogP contribution >= 0.6 is 0 Å². The molecule has 0 heterocycles. The van der Waals surface area contributed by atoms with Crippen LogP contribution in [-0.2, 0) is 21.4 Å². The summed E-state index contributed by atoms with van der Waals surface area (Å²) in [5, 5.41) is 2.84. The Balaban J connectivity index is 1.86. The maximum absolute atomic E-state index is 12.1. The molecule has 28 heavy (non-hydrogen) atoms. The fraction of sp³-hybridized carbons (Fsp3) is 0.350. The molecule has 2 aromatic carbocycles. The lowest BCUT2D eigenvalue weighted by molar-refractivity contribution is -0.121. The van der Waals surface area contributed by atoms with E-state index in [0.29, 0.717) is 24.4 Å². The van der Waals surface area contributed by atoms with E-state index in [1.165, 1.54) is 4.31 Å². The molecule has 2 aromatic rings. The Morgan fingerprint density at radius 2 is 1.50 bits per heavy atom. The smallest absolute Gasteiger partial charge is 0.232 e. The zero-order valence-electron chi connectivity index (χ0n) is 16.3. The molecule has 0 spiro atoms. The van der Waals surface area contributed by atoms with Gasteiger partial charge >= 0.3 is 0 Å². The first-order chi connectivity index (χ1) is 13.3. The Kier molecular flexibility index (Phi) is 7.69. The Bertz CT molecular complexity index is 864. The highest BCUT2D eigenvalue weighted by molar-refractivity contribution is 7.92. The Labute approximate surface area is 166 Å². The van der Waals surface area contributed by atoms with Gasteiger partial charge in [-0.05, 0) is 48.4 Å². The van der Waals surface area contributed by atoms with E-state index >= 15 is 0 Å². The van der Waals surface area contributed by atoms with Crippen LogP contribution in [0.5, 0.6) is 11.5 Å². The van der Waals surface area contributed by atoms with Gasteiger partial charge in [0, 0.05) is 19.5 Å². The highest BCUT2D eigenvalue weighted by Crippen LogP contribution is 2.22. The standard InChI is InChI=1S/C20H26N2O5S/c1-26-18-10-6-16(7-11-18)15-21-20(23)5-4-14-22(28(3,24)25)17-8-12-19(27-2)13-9-17/h6-13H,4-5,14-15H2,1-3H3,(H,21,23). The lowest BCUT2D eigenvalue weighted by atomic mass is 10.2. The summed E-state index contributed by atoms with van der Waals surface area (Å²) in [4.78, 5) is 12.1. The Morgan fingerprint density at radius 1 is 0.964 bits per heavy atom. The summed E-state index contributed by atoms with van der Waals surface area (Å²) in [5.74, 6) is 1.28. The second-order valence-electron chi connectivity index (χ2n) is 6.26. The van der Waals surface area contributed by atoms with E-state index in [9.17, 15) is 13.2 Å². The van der Waals surface area contributed by atoms with E-state index in [4.69, 9.17) is 9.47 Å². The molecule has 8 heteroatoms. The molecule has 7 nitrogen and oxygen atoms in total. The van der Waals surface area contributed by atoms with E-state index in [1.54, 1.807) is 38.5 Å². The second-order valence-corrected chi connectivity index (χ2v) is 8.17. The fourth-order valence-electron chi connectivity index (χ4n) is 2.65. The first-order valence-electron chi connectivity index (χ1n) is 8.85. The number of hydrogen-bond acceptors (Lipinski definition) is 5. The van der Waals surface area contributed by atoms with Gasteiger partial charge in [-0.3, -0.25) is 9.10 Å². The molecule has 0 atom stereocenters. The van der Waals surface area contributed by atoms with Gasteiger partial charge in [0.25, 0.3) is 0 Å². The molecule has 0 unspecified atom stereocenters. The molecule has 1 N–H and O–H groups in total. The summed E-state index contributed by atoms with van der Waals surface area (Å²) in [5.41, 5.74) is 1.51.